The maximum Gasteiger partial charge on any atom is 0.164 e. The number of aliphatic imine (C=N–C) groups is 1. The molecule has 1 aromatic rings. The van der Waals surface area contributed by atoms with Crippen molar-refractivity contribution in [2.75, 3.05) is 37.6 Å². The van der Waals surface area contributed by atoms with Crippen LogP contribution >= 0.6 is 11.8 Å². The Labute approximate surface area is 134 Å². The highest BCUT2D eigenvalue weighted by Crippen LogP contribution is 2.27. The smallest absolute Gasteiger partial charge is 0.164 e. The summed E-state index contributed by atoms with van der Waals surface area (Å²) in [7, 11) is 0. The number of carbonyl (C=O) groups excluding carboxylic acids is 1. The van der Waals surface area contributed by atoms with Gasteiger partial charge in [0.15, 0.2) is 11.0 Å². The second-order valence-electron chi connectivity index (χ2n) is 5.72. The van der Waals surface area contributed by atoms with Gasteiger partial charge in [0.05, 0.1) is 17.8 Å². The summed E-state index contributed by atoms with van der Waals surface area (Å²) in [6, 6.07) is 4.85. The average molecular weight is 321 g/mol. The van der Waals surface area contributed by atoms with Gasteiger partial charge >= 0.3 is 0 Å². The van der Waals surface area contributed by atoms with Gasteiger partial charge in [-0.2, -0.15) is 0 Å². The molecular weight excluding hydrogens is 301 g/mol. The molecule has 0 saturated carbocycles. The zero-order chi connectivity index (χ0) is 15.7. The van der Waals surface area contributed by atoms with Gasteiger partial charge in [-0.1, -0.05) is 24.8 Å². The number of hydrogen-bond donors (Lipinski definition) is 0. The Morgan fingerprint density at radius 1 is 1.27 bits per heavy atom. The zero-order valence-electron chi connectivity index (χ0n) is 12.9. The second kappa shape index (κ2) is 6.28. The summed E-state index contributed by atoms with van der Waals surface area (Å²) in [5, 5.41) is 1.68. The van der Waals surface area contributed by atoms with E-state index in [0.29, 0.717) is 10.9 Å². The number of anilines is 1. The van der Waals surface area contributed by atoms with Crippen LogP contribution in [0, 0.1) is 5.82 Å². The minimum absolute atomic E-state index is 0.206. The number of nitrogens with zero attached hydrogens (tertiary/aromatic N) is 3. The lowest BCUT2D eigenvalue weighted by molar-refractivity contribution is 0.101. The molecule has 2 aliphatic heterocycles. The monoisotopic (exact) mass is 321 g/mol. The van der Waals surface area contributed by atoms with Crippen LogP contribution in [0.5, 0.6) is 0 Å². The summed E-state index contributed by atoms with van der Waals surface area (Å²) in [6.45, 7) is 7.75. The van der Waals surface area contributed by atoms with Crippen molar-refractivity contribution in [3.8, 4) is 0 Å². The molecule has 0 radical (unpaired) electrons. The van der Waals surface area contributed by atoms with Gasteiger partial charge in [-0.3, -0.25) is 9.79 Å². The van der Waals surface area contributed by atoms with Crippen LogP contribution in [0.25, 0.3) is 0 Å². The molecule has 0 N–H and O–H groups in total. The fraction of sp³-hybridized carbons (Fsp3) is 0.500. The number of rotatable bonds is 2. The van der Waals surface area contributed by atoms with Crippen LogP contribution < -0.4 is 4.90 Å². The first-order valence-electron chi connectivity index (χ1n) is 7.56. The molecule has 2 heterocycles. The van der Waals surface area contributed by atoms with E-state index in [9.17, 15) is 9.18 Å². The SMILES string of the molecule is CC(=O)c1c(F)cccc1N1CCN(C2=NCC(C)S2)CC1. The fourth-order valence-corrected chi connectivity index (χ4v) is 3.89. The van der Waals surface area contributed by atoms with E-state index in [-0.39, 0.29) is 11.3 Å². The van der Waals surface area contributed by atoms with Crippen LogP contribution in [-0.2, 0) is 0 Å². The molecule has 0 aliphatic carbocycles. The third-order valence-electron chi connectivity index (χ3n) is 4.02. The van der Waals surface area contributed by atoms with Crippen LogP contribution in [0.2, 0.25) is 0 Å². The van der Waals surface area contributed by atoms with E-state index in [0.717, 1.165) is 37.9 Å². The van der Waals surface area contributed by atoms with Crippen molar-refractivity contribution in [2.45, 2.75) is 19.1 Å². The first-order valence-corrected chi connectivity index (χ1v) is 8.44. The fourth-order valence-electron chi connectivity index (χ4n) is 2.90. The third-order valence-corrected chi connectivity index (χ3v) is 5.17. The lowest BCUT2D eigenvalue weighted by atomic mass is 10.1. The maximum absolute atomic E-state index is 13.9. The molecule has 4 nitrogen and oxygen atoms in total. The van der Waals surface area contributed by atoms with Gasteiger partial charge in [-0.05, 0) is 19.1 Å². The molecule has 1 atom stereocenters. The van der Waals surface area contributed by atoms with Gasteiger partial charge in [0, 0.05) is 31.4 Å². The maximum atomic E-state index is 13.9. The summed E-state index contributed by atoms with van der Waals surface area (Å²) in [4.78, 5) is 20.7. The van der Waals surface area contributed by atoms with Crippen molar-refractivity contribution in [3.63, 3.8) is 0 Å². The van der Waals surface area contributed by atoms with E-state index in [2.05, 4.69) is 21.7 Å². The predicted molar refractivity (Wildman–Crippen MR) is 89.5 cm³/mol. The standard InChI is InChI=1S/C16H20FN3OS/c1-11-10-18-16(22-11)20-8-6-19(7-9-20)14-5-3-4-13(17)15(14)12(2)21/h3-5,11H,6-10H2,1-2H3. The van der Waals surface area contributed by atoms with Crippen molar-refractivity contribution >= 4 is 28.4 Å². The number of amidine groups is 1. The highest BCUT2D eigenvalue weighted by atomic mass is 32.2. The van der Waals surface area contributed by atoms with Gasteiger partial charge in [-0.25, -0.2) is 4.39 Å². The molecule has 0 aromatic heterocycles. The number of Topliss-reactive ketones (excluding diaryl/α,β-unsaturated/α-hetero) is 1. The third kappa shape index (κ3) is 2.97. The first-order chi connectivity index (χ1) is 10.6. The molecule has 3 rings (SSSR count). The van der Waals surface area contributed by atoms with Crippen molar-refractivity contribution in [1.82, 2.24) is 4.90 Å². The number of ketones is 1. The van der Waals surface area contributed by atoms with E-state index in [4.69, 9.17) is 0 Å². The lowest BCUT2D eigenvalue weighted by Gasteiger charge is -2.37. The Morgan fingerprint density at radius 2 is 1.95 bits per heavy atom. The lowest BCUT2D eigenvalue weighted by Crippen LogP contribution is -2.48. The van der Waals surface area contributed by atoms with Gasteiger partial charge in [-0.15, -0.1) is 0 Å². The number of benzene rings is 1. The average Bonchev–Trinajstić information content (AvgIpc) is 2.93. The molecule has 1 unspecified atom stereocenters. The Balaban J connectivity index is 1.72. The molecule has 1 fully saturated rings. The Bertz CT molecular complexity index is 611. The number of carbonyl (C=O) groups is 1. The van der Waals surface area contributed by atoms with Crippen molar-refractivity contribution in [1.29, 1.82) is 0 Å². The minimum atomic E-state index is -0.433. The van der Waals surface area contributed by atoms with Crippen LogP contribution in [0.3, 0.4) is 0 Å². The van der Waals surface area contributed by atoms with E-state index < -0.39 is 5.82 Å². The quantitative estimate of drug-likeness (QED) is 0.785. The summed E-state index contributed by atoms with van der Waals surface area (Å²) < 4.78 is 13.9. The first kappa shape index (κ1) is 15.3. The molecule has 6 heteroatoms. The molecular formula is C16H20FN3OS. The van der Waals surface area contributed by atoms with Crippen LogP contribution in [0.1, 0.15) is 24.2 Å². The Morgan fingerprint density at radius 3 is 2.55 bits per heavy atom. The predicted octanol–water partition coefficient (Wildman–Crippen LogP) is 2.64. The number of thioether (sulfide) groups is 1. The number of piperazine rings is 1. The molecule has 0 spiro atoms. The summed E-state index contributed by atoms with van der Waals surface area (Å²) in [5.41, 5.74) is 0.915. The molecule has 0 bridgehead atoms. The second-order valence-corrected chi connectivity index (χ2v) is 7.12. The van der Waals surface area contributed by atoms with E-state index in [1.54, 1.807) is 6.07 Å². The van der Waals surface area contributed by atoms with Crippen LogP contribution in [0.15, 0.2) is 23.2 Å². The number of halogens is 1. The topological polar surface area (TPSA) is 35.9 Å². The Hall–Kier alpha value is -1.56. The summed E-state index contributed by atoms with van der Waals surface area (Å²) >= 11 is 1.82. The summed E-state index contributed by atoms with van der Waals surface area (Å²) in [6.07, 6.45) is 0. The van der Waals surface area contributed by atoms with Gasteiger partial charge < -0.3 is 9.80 Å². The van der Waals surface area contributed by atoms with E-state index in [1.807, 2.05) is 17.8 Å². The van der Waals surface area contributed by atoms with E-state index >= 15 is 0 Å². The highest BCUT2D eigenvalue weighted by Gasteiger charge is 2.26. The van der Waals surface area contributed by atoms with Crippen molar-refractivity contribution in [2.24, 2.45) is 4.99 Å². The molecule has 1 saturated heterocycles. The van der Waals surface area contributed by atoms with Crippen molar-refractivity contribution < 1.29 is 9.18 Å². The number of hydrogen-bond acceptors (Lipinski definition) is 5. The van der Waals surface area contributed by atoms with Gasteiger partial charge in [0.2, 0.25) is 0 Å². The highest BCUT2D eigenvalue weighted by molar-refractivity contribution is 8.14. The molecule has 0 amide bonds. The normalized spacial score (nSPS) is 22.0. The largest absolute Gasteiger partial charge is 0.367 e. The van der Waals surface area contributed by atoms with Gasteiger partial charge in [0.25, 0.3) is 0 Å². The summed E-state index contributed by atoms with van der Waals surface area (Å²) in [5.74, 6) is -0.656. The molecule has 118 valence electrons. The zero-order valence-corrected chi connectivity index (χ0v) is 13.7. The van der Waals surface area contributed by atoms with Crippen LogP contribution in [0.4, 0.5) is 10.1 Å². The molecule has 22 heavy (non-hydrogen) atoms. The minimum Gasteiger partial charge on any atom is -0.367 e. The van der Waals surface area contributed by atoms with Crippen molar-refractivity contribution in [3.05, 3.63) is 29.6 Å². The molecule has 2 aliphatic rings. The van der Waals surface area contributed by atoms with Crippen LogP contribution in [-0.4, -0.2) is 53.8 Å². The molecule has 1 aromatic carbocycles. The van der Waals surface area contributed by atoms with E-state index in [1.165, 1.54) is 13.0 Å². The Kier molecular flexibility index (Phi) is 4.38. The van der Waals surface area contributed by atoms with Gasteiger partial charge in [0.1, 0.15) is 5.82 Å².